The molecule has 0 aromatic carbocycles. The van der Waals surface area contributed by atoms with Gasteiger partial charge in [0.25, 0.3) is 0 Å². The summed E-state index contributed by atoms with van der Waals surface area (Å²) >= 11 is 0. The van der Waals surface area contributed by atoms with E-state index in [0.717, 1.165) is 19.3 Å². The highest BCUT2D eigenvalue weighted by atomic mass is 17.2. The molecule has 0 amide bonds. The molecule has 2 aliphatic rings. The number of hydrogen-bond acceptors (Lipinski definition) is 4. The van der Waals surface area contributed by atoms with E-state index in [9.17, 15) is 4.79 Å². The van der Waals surface area contributed by atoms with Crippen molar-refractivity contribution in [1.82, 2.24) is 0 Å². The second-order valence-corrected chi connectivity index (χ2v) is 12.1. The maximum Gasteiger partial charge on any atom is 0.342 e. The van der Waals surface area contributed by atoms with Crippen molar-refractivity contribution in [3.63, 3.8) is 0 Å². The number of esters is 1. The first-order chi connectivity index (χ1) is 12.1. The third kappa shape index (κ3) is 6.45. The van der Waals surface area contributed by atoms with E-state index in [2.05, 4.69) is 41.5 Å². The molecular formula is C23H42O4. The van der Waals surface area contributed by atoms with Crippen LogP contribution in [0.15, 0.2) is 0 Å². The molecule has 4 nitrogen and oxygen atoms in total. The fourth-order valence-electron chi connectivity index (χ4n) is 5.61. The van der Waals surface area contributed by atoms with Crippen LogP contribution in [0.1, 0.15) is 101 Å². The van der Waals surface area contributed by atoms with Gasteiger partial charge in [0.05, 0.1) is 6.10 Å². The summed E-state index contributed by atoms with van der Waals surface area (Å²) in [6.45, 7) is 19.2. The van der Waals surface area contributed by atoms with E-state index in [1.165, 1.54) is 6.42 Å². The van der Waals surface area contributed by atoms with E-state index in [4.69, 9.17) is 14.5 Å². The number of hydrogen-bond donors (Lipinski definition) is 0. The summed E-state index contributed by atoms with van der Waals surface area (Å²) in [5.41, 5.74) is -1.31. The second kappa shape index (κ2) is 7.67. The fourth-order valence-corrected chi connectivity index (χ4v) is 5.61. The summed E-state index contributed by atoms with van der Waals surface area (Å²) in [5.74, 6) is 0.700. The maximum absolute atomic E-state index is 13.2. The average molecular weight is 383 g/mol. The van der Waals surface area contributed by atoms with Crippen LogP contribution >= 0.6 is 0 Å². The van der Waals surface area contributed by atoms with Crippen LogP contribution in [0.4, 0.5) is 0 Å². The number of carbonyl (C=O) groups excluding carboxylic acids is 1. The molecule has 158 valence electrons. The van der Waals surface area contributed by atoms with Crippen molar-refractivity contribution in [3.8, 4) is 0 Å². The van der Waals surface area contributed by atoms with Gasteiger partial charge in [0.15, 0.2) is 0 Å². The predicted octanol–water partition coefficient (Wildman–Crippen LogP) is 6.08. The predicted molar refractivity (Wildman–Crippen MR) is 108 cm³/mol. The highest BCUT2D eigenvalue weighted by Crippen LogP contribution is 2.48. The minimum Gasteiger partial charge on any atom is -0.458 e. The molecule has 0 aromatic heterocycles. The molecule has 0 N–H and O–H groups in total. The molecule has 4 unspecified atom stereocenters. The molecule has 4 heteroatoms. The lowest BCUT2D eigenvalue weighted by atomic mass is 9.66. The Labute approximate surface area is 166 Å². The van der Waals surface area contributed by atoms with Crippen molar-refractivity contribution in [2.45, 2.75) is 118 Å². The van der Waals surface area contributed by atoms with Gasteiger partial charge >= 0.3 is 5.97 Å². The zero-order chi connectivity index (χ0) is 20.7. The van der Waals surface area contributed by atoms with E-state index in [1.54, 1.807) is 0 Å². The maximum atomic E-state index is 13.2. The van der Waals surface area contributed by atoms with Gasteiger partial charge in [-0.05, 0) is 82.0 Å². The largest absolute Gasteiger partial charge is 0.458 e. The van der Waals surface area contributed by atoms with Gasteiger partial charge in [-0.1, -0.05) is 41.5 Å². The van der Waals surface area contributed by atoms with Crippen molar-refractivity contribution in [3.05, 3.63) is 0 Å². The molecule has 2 fully saturated rings. The Morgan fingerprint density at radius 1 is 0.889 bits per heavy atom. The highest BCUT2D eigenvalue weighted by Gasteiger charge is 2.53. The zero-order valence-corrected chi connectivity index (χ0v) is 19.1. The molecule has 0 heterocycles. The monoisotopic (exact) mass is 382 g/mol. The van der Waals surface area contributed by atoms with Crippen molar-refractivity contribution in [1.29, 1.82) is 0 Å². The van der Waals surface area contributed by atoms with Crippen LogP contribution in [0.2, 0.25) is 0 Å². The summed E-state index contributed by atoms with van der Waals surface area (Å²) in [6.07, 6.45) is 5.53. The first-order valence-electron chi connectivity index (χ1n) is 10.7. The van der Waals surface area contributed by atoms with Crippen molar-refractivity contribution in [2.75, 3.05) is 0 Å². The van der Waals surface area contributed by atoms with Crippen molar-refractivity contribution >= 4 is 5.97 Å². The van der Waals surface area contributed by atoms with Gasteiger partial charge in [0, 0.05) is 0 Å². The summed E-state index contributed by atoms with van der Waals surface area (Å²) in [4.78, 5) is 25.3. The van der Waals surface area contributed by atoms with Gasteiger partial charge in [0.1, 0.15) is 5.60 Å². The normalized spacial score (nSPS) is 36.3. The topological polar surface area (TPSA) is 44.8 Å². The third-order valence-corrected chi connectivity index (χ3v) is 5.80. The Morgan fingerprint density at radius 2 is 1.48 bits per heavy atom. The minimum atomic E-state index is -1.01. The fraction of sp³-hybridized carbons (Fsp3) is 0.957. The number of rotatable bonds is 4. The smallest absolute Gasteiger partial charge is 0.342 e. The Hall–Kier alpha value is -0.610. The lowest BCUT2D eigenvalue weighted by Gasteiger charge is -2.46. The summed E-state index contributed by atoms with van der Waals surface area (Å²) in [7, 11) is 0. The van der Waals surface area contributed by atoms with Gasteiger partial charge in [-0.2, -0.15) is 0 Å². The molecule has 4 atom stereocenters. The van der Waals surface area contributed by atoms with Crippen LogP contribution in [-0.4, -0.2) is 23.3 Å². The van der Waals surface area contributed by atoms with Gasteiger partial charge in [-0.25, -0.2) is 14.6 Å². The van der Waals surface area contributed by atoms with Crippen LogP contribution in [0, 0.1) is 22.7 Å². The van der Waals surface area contributed by atoms with E-state index in [0.29, 0.717) is 24.7 Å². The van der Waals surface area contributed by atoms with Crippen molar-refractivity contribution in [2.24, 2.45) is 22.7 Å². The van der Waals surface area contributed by atoms with Crippen LogP contribution in [0.25, 0.3) is 0 Å². The molecule has 2 aliphatic carbocycles. The highest BCUT2D eigenvalue weighted by molar-refractivity contribution is 5.80. The van der Waals surface area contributed by atoms with Crippen LogP contribution in [-0.2, 0) is 19.3 Å². The van der Waals surface area contributed by atoms with E-state index in [-0.39, 0.29) is 22.9 Å². The SMILES string of the molecule is CC1CC(OOC2(C(=O)OC(C)(C)C)CC(C)CC(C)(C)C2)CC(C)(C)C1. The summed E-state index contributed by atoms with van der Waals surface area (Å²) < 4.78 is 5.78. The third-order valence-electron chi connectivity index (χ3n) is 5.80. The zero-order valence-electron chi connectivity index (χ0n) is 19.1. The van der Waals surface area contributed by atoms with Gasteiger partial charge < -0.3 is 4.74 Å². The van der Waals surface area contributed by atoms with Gasteiger partial charge in [-0.3, -0.25) is 0 Å². The van der Waals surface area contributed by atoms with Crippen LogP contribution in [0.3, 0.4) is 0 Å². The molecule has 27 heavy (non-hydrogen) atoms. The Kier molecular flexibility index (Phi) is 6.44. The van der Waals surface area contributed by atoms with Crippen molar-refractivity contribution < 1.29 is 19.3 Å². The standard InChI is InChI=1S/C23H42O4/c1-16-10-18(14-21(6,7)11-16)26-27-23(19(24)25-20(3,4)5)13-17(2)12-22(8,9)15-23/h16-18H,10-15H2,1-9H3. The lowest BCUT2D eigenvalue weighted by molar-refractivity contribution is -0.396. The molecule has 2 rings (SSSR count). The first kappa shape index (κ1) is 22.7. The van der Waals surface area contributed by atoms with E-state index >= 15 is 0 Å². The van der Waals surface area contributed by atoms with Crippen LogP contribution < -0.4 is 0 Å². The second-order valence-electron chi connectivity index (χ2n) is 12.1. The van der Waals surface area contributed by atoms with Crippen LogP contribution in [0.5, 0.6) is 0 Å². The van der Waals surface area contributed by atoms with E-state index < -0.39 is 11.2 Å². The van der Waals surface area contributed by atoms with E-state index in [1.807, 2.05) is 20.8 Å². The Balaban J connectivity index is 2.19. The molecule has 0 radical (unpaired) electrons. The molecule has 0 aromatic rings. The molecular weight excluding hydrogens is 340 g/mol. The molecule has 0 spiro atoms. The van der Waals surface area contributed by atoms with Gasteiger partial charge in [0.2, 0.25) is 5.60 Å². The number of carbonyl (C=O) groups is 1. The average Bonchev–Trinajstić information content (AvgIpc) is 2.38. The molecule has 0 saturated heterocycles. The minimum absolute atomic E-state index is 0.0110. The quantitative estimate of drug-likeness (QED) is 0.336. The summed E-state index contributed by atoms with van der Waals surface area (Å²) in [5, 5.41) is 0. The number of ether oxygens (including phenoxy) is 1. The first-order valence-corrected chi connectivity index (χ1v) is 10.7. The van der Waals surface area contributed by atoms with Gasteiger partial charge in [-0.15, -0.1) is 0 Å². The Bertz CT molecular complexity index is 531. The lowest BCUT2D eigenvalue weighted by Crippen LogP contribution is -2.53. The molecule has 0 aliphatic heterocycles. The Morgan fingerprint density at radius 3 is 2.00 bits per heavy atom. The summed E-state index contributed by atoms with van der Waals surface area (Å²) in [6, 6.07) is 0. The molecule has 0 bridgehead atoms. The molecule has 2 saturated carbocycles.